The van der Waals surface area contributed by atoms with Crippen LogP contribution in [0.3, 0.4) is 0 Å². The van der Waals surface area contributed by atoms with Crippen molar-refractivity contribution < 1.29 is 13.7 Å². The van der Waals surface area contributed by atoms with E-state index in [9.17, 15) is 4.21 Å². The third kappa shape index (κ3) is 2.61. The second-order valence-corrected chi connectivity index (χ2v) is 9.20. The minimum atomic E-state index is -1.34. The molecular weight excluding hydrogens is 396 g/mol. The van der Waals surface area contributed by atoms with Crippen molar-refractivity contribution in [2.24, 2.45) is 10.7 Å². The van der Waals surface area contributed by atoms with Crippen molar-refractivity contribution in [3.05, 3.63) is 34.4 Å². The molecule has 0 bridgehead atoms. The number of fused-ring (bicyclic) bond motifs is 1. The van der Waals surface area contributed by atoms with Crippen LogP contribution < -0.4 is 10.5 Å². The molecule has 2 aliphatic rings. The maximum absolute atomic E-state index is 12.8. The van der Waals surface area contributed by atoms with Crippen LogP contribution in [0.2, 0.25) is 5.02 Å². The normalized spacial score (nSPS) is 28.0. The fourth-order valence-corrected chi connectivity index (χ4v) is 6.30. The Labute approximate surface area is 162 Å². The Bertz CT molecular complexity index is 919. The van der Waals surface area contributed by atoms with E-state index in [2.05, 4.69) is 9.98 Å². The molecule has 3 unspecified atom stereocenters. The summed E-state index contributed by atoms with van der Waals surface area (Å²) < 4.78 is 25.2. The molecule has 10 heteroatoms. The molecule has 2 N–H and O–H groups in total. The van der Waals surface area contributed by atoms with Gasteiger partial charge in [-0.05, 0) is 12.1 Å². The number of nitrogens with two attached hydrogens (primary N) is 1. The largest absolute Gasteiger partial charge is 0.495 e. The molecule has 3 atom stereocenters. The van der Waals surface area contributed by atoms with Crippen LogP contribution >= 0.6 is 22.9 Å². The van der Waals surface area contributed by atoms with Crippen molar-refractivity contribution in [2.75, 3.05) is 27.4 Å². The summed E-state index contributed by atoms with van der Waals surface area (Å²) in [5.74, 6) is 0.885. The molecule has 0 spiro atoms. The van der Waals surface area contributed by atoms with Gasteiger partial charge in [-0.15, -0.1) is 11.3 Å². The molecule has 0 amide bonds. The molecule has 2 aromatic heterocycles. The lowest BCUT2D eigenvalue weighted by Gasteiger charge is -2.36. The third-order valence-corrected chi connectivity index (χ3v) is 8.09. The van der Waals surface area contributed by atoms with Gasteiger partial charge < -0.3 is 15.2 Å². The number of halogens is 1. The lowest BCUT2D eigenvalue weighted by Crippen LogP contribution is -2.53. The van der Waals surface area contributed by atoms with Crippen molar-refractivity contribution in [1.29, 1.82) is 0 Å². The van der Waals surface area contributed by atoms with E-state index < -0.39 is 16.5 Å². The van der Waals surface area contributed by atoms with Gasteiger partial charge >= 0.3 is 0 Å². The average Bonchev–Trinajstić information content (AvgIpc) is 3.24. The highest BCUT2D eigenvalue weighted by molar-refractivity contribution is 7.84. The number of aliphatic imine (C=N–C) groups is 1. The highest BCUT2D eigenvalue weighted by Gasteiger charge is 2.55. The SMILES string of the molecule is COc1cncc(-c2cc(Cl)c(C34COCC3S(=O)N(C)C(N)=N4)s2)c1. The Balaban J connectivity index is 1.83. The molecule has 2 aliphatic heterocycles. The maximum Gasteiger partial charge on any atom is 0.204 e. The first-order valence-electron chi connectivity index (χ1n) is 7.83. The van der Waals surface area contributed by atoms with E-state index in [0.29, 0.717) is 24.0 Å². The van der Waals surface area contributed by atoms with Gasteiger partial charge in [0.1, 0.15) is 27.5 Å². The molecule has 1 fully saturated rings. The van der Waals surface area contributed by atoms with Gasteiger partial charge in [-0.25, -0.2) is 9.20 Å². The van der Waals surface area contributed by atoms with Crippen molar-refractivity contribution in [3.8, 4) is 16.2 Å². The summed E-state index contributed by atoms with van der Waals surface area (Å²) in [6, 6.07) is 3.76. The predicted molar refractivity (Wildman–Crippen MR) is 103 cm³/mol. The lowest BCUT2D eigenvalue weighted by atomic mass is 9.96. The van der Waals surface area contributed by atoms with E-state index in [4.69, 9.17) is 26.8 Å². The Kier molecular flexibility index (Phi) is 4.42. The molecule has 0 saturated carbocycles. The van der Waals surface area contributed by atoms with E-state index in [-0.39, 0.29) is 11.2 Å². The second-order valence-electron chi connectivity index (χ2n) is 6.07. The van der Waals surface area contributed by atoms with Gasteiger partial charge in [0.05, 0.1) is 36.4 Å². The summed E-state index contributed by atoms with van der Waals surface area (Å²) in [5, 5.41) is 0.230. The molecule has 0 radical (unpaired) electrons. The Hall–Kier alpha value is -1.68. The van der Waals surface area contributed by atoms with Gasteiger partial charge in [0.25, 0.3) is 0 Å². The minimum absolute atomic E-state index is 0.221. The van der Waals surface area contributed by atoms with Crippen LogP contribution in [0.25, 0.3) is 10.4 Å². The topological polar surface area (TPSA) is 90.0 Å². The first-order chi connectivity index (χ1) is 12.5. The van der Waals surface area contributed by atoms with E-state index in [0.717, 1.165) is 15.3 Å². The fraction of sp³-hybridized carbons (Fsp3) is 0.375. The van der Waals surface area contributed by atoms with Crippen molar-refractivity contribution in [3.63, 3.8) is 0 Å². The minimum Gasteiger partial charge on any atom is -0.495 e. The predicted octanol–water partition coefficient (Wildman–Crippen LogP) is 1.99. The molecule has 0 aliphatic carbocycles. The van der Waals surface area contributed by atoms with E-state index in [1.165, 1.54) is 15.6 Å². The summed E-state index contributed by atoms with van der Waals surface area (Å²) in [7, 11) is 1.92. The highest BCUT2D eigenvalue weighted by Crippen LogP contribution is 2.49. The molecule has 138 valence electrons. The van der Waals surface area contributed by atoms with E-state index >= 15 is 0 Å². The molecule has 0 aromatic carbocycles. The number of nitrogens with zero attached hydrogens (tertiary/aromatic N) is 3. The highest BCUT2D eigenvalue weighted by atomic mass is 35.5. The van der Waals surface area contributed by atoms with Crippen LogP contribution in [0, 0.1) is 0 Å². The van der Waals surface area contributed by atoms with Crippen LogP contribution in [0.1, 0.15) is 4.88 Å². The molecule has 7 nitrogen and oxygen atoms in total. The standard InChI is InChI=1S/C16H17ClN4O3S2/c1-21-15(18)20-16(8-24-7-13(16)26(21)22)14-11(17)4-12(25-14)9-3-10(23-2)6-19-5-9/h3-6,13H,7-8H2,1-2H3,(H2,18,20). The van der Waals surface area contributed by atoms with Crippen LogP contribution in [-0.4, -0.2) is 52.1 Å². The fourth-order valence-electron chi connectivity index (χ4n) is 3.17. The lowest BCUT2D eigenvalue weighted by molar-refractivity contribution is 0.180. The number of rotatable bonds is 3. The molecular formula is C16H17ClN4O3S2. The van der Waals surface area contributed by atoms with Crippen LogP contribution in [-0.2, 0) is 21.3 Å². The monoisotopic (exact) mass is 412 g/mol. The number of thiophene rings is 1. The van der Waals surface area contributed by atoms with Gasteiger partial charge in [0.15, 0.2) is 0 Å². The van der Waals surface area contributed by atoms with Gasteiger partial charge in [-0.3, -0.25) is 9.29 Å². The molecule has 4 rings (SSSR count). The Morgan fingerprint density at radius 3 is 3.08 bits per heavy atom. The van der Waals surface area contributed by atoms with Crippen molar-refractivity contribution in [2.45, 2.75) is 10.8 Å². The first-order valence-corrected chi connectivity index (χ1v) is 10.2. The Morgan fingerprint density at radius 2 is 2.31 bits per heavy atom. The summed E-state index contributed by atoms with van der Waals surface area (Å²) in [6.07, 6.45) is 3.39. The zero-order valence-electron chi connectivity index (χ0n) is 14.1. The first kappa shape index (κ1) is 17.7. The third-order valence-electron chi connectivity index (χ3n) is 4.59. The molecule has 4 heterocycles. The van der Waals surface area contributed by atoms with Crippen LogP contribution in [0.4, 0.5) is 0 Å². The van der Waals surface area contributed by atoms with Crippen molar-refractivity contribution in [1.82, 2.24) is 9.29 Å². The zero-order chi connectivity index (χ0) is 18.5. The molecule has 1 saturated heterocycles. The summed E-state index contributed by atoms with van der Waals surface area (Å²) >= 11 is 8.06. The average molecular weight is 413 g/mol. The molecule has 2 aromatic rings. The molecule has 26 heavy (non-hydrogen) atoms. The van der Waals surface area contributed by atoms with Gasteiger partial charge in [-0.1, -0.05) is 11.6 Å². The van der Waals surface area contributed by atoms with E-state index in [1.54, 1.807) is 26.6 Å². The Morgan fingerprint density at radius 1 is 1.50 bits per heavy atom. The number of guanidine groups is 1. The number of hydrogen-bond donors (Lipinski definition) is 1. The van der Waals surface area contributed by atoms with Crippen molar-refractivity contribution >= 4 is 39.9 Å². The second kappa shape index (κ2) is 6.49. The summed E-state index contributed by atoms with van der Waals surface area (Å²) in [5.41, 5.74) is 6.08. The summed E-state index contributed by atoms with van der Waals surface area (Å²) in [4.78, 5) is 10.6. The number of ether oxygens (including phenoxy) is 2. The number of hydrogen-bond acceptors (Lipinski definition) is 7. The van der Waals surface area contributed by atoms with E-state index in [1.807, 2.05) is 12.1 Å². The van der Waals surface area contributed by atoms with Gasteiger partial charge in [0, 0.05) is 23.7 Å². The smallest absolute Gasteiger partial charge is 0.204 e. The van der Waals surface area contributed by atoms with Gasteiger partial charge in [-0.2, -0.15) is 0 Å². The number of pyridine rings is 1. The zero-order valence-corrected chi connectivity index (χ0v) is 16.5. The number of methoxy groups -OCH3 is 1. The number of aromatic nitrogens is 1. The van der Waals surface area contributed by atoms with Crippen LogP contribution in [0.5, 0.6) is 5.75 Å². The van der Waals surface area contributed by atoms with Gasteiger partial charge in [0.2, 0.25) is 5.96 Å². The van der Waals surface area contributed by atoms with Crippen LogP contribution in [0.15, 0.2) is 29.5 Å². The quantitative estimate of drug-likeness (QED) is 0.832. The maximum atomic E-state index is 12.8. The summed E-state index contributed by atoms with van der Waals surface area (Å²) in [6.45, 7) is 0.645.